The molecular formula is C8H11NO2. The average molecular weight is 153 g/mol. The Bertz CT molecular complexity index is 184. The van der Waals surface area contributed by atoms with Gasteiger partial charge in [-0.15, -0.1) is 0 Å². The van der Waals surface area contributed by atoms with Crippen molar-refractivity contribution in [3.05, 3.63) is 0 Å². The molecule has 0 aromatic heterocycles. The fraction of sp³-hybridized carbons (Fsp3) is 0.500. The predicted molar refractivity (Wildman–Crippen MR) is 41.0 cm³/mol. The van der Waals surface area contributed by atoms with Crippen molar-refractivity contribution in [3.63, 3.8) is 0 Å². The summed E-state index contributed by atoms with van der Waals surface area (Å²) in [4.78, 5) is 1.35. The van der Waals surface area contributed by atoms with Crippen molar-refractivity contribution in [2.24, 2.45) is 0 Å². The van der Waals surface area contributed by atoms with Crippen LogP contribution in [0.2, 0.25) is 0 Å². The summed E-state index contributed by atoms with van der Waals surface area (Å²) in [6.45, 7) is 2.68. The lowest BCUT2D eigenvalue weighted by atomic mass is 10.3. The molecule has 0 aliphatic heterocycles. The Morgan fingerprint density at radius 2 is 1.73 bits per heavy atom. The normalized spacial score (nSPS) is 7.00. The first-order valence-corrected chi connectivity index (χ1v) is 3.42. The van der Waals surface area contributed by atoms with Gasteiger partial charge in [0.2, 0.25) is 0 Å². The molecule has 0 spiro atoms. The highest BCUT2D eigenvalue weighted by Crippen LogP contribution is 1.90. The van der Waals surface area contributed by atoms with Gasteiger partial charge in [0.15, 0.2) is 0 Å². The molecule has 0 radical (unpaired) electrons. The highest BCUT2D eigenvalue weighted by molar-refractivity contribution is 5.03. The van der Waals surface area contributed by atoms with Crippen LogP contribution in [-0.2, 0) is 0 Å². The van der Waals surface area contributed by atoms with E-state index in [0.717, 1.165) is 12.8 Å². The van der Waals surface area contributed by atoms with Gasteiger partial charge in [-0.3, -0.25) is 4.90 Å². The zero-order valence-electron chi connectivity index (χ0n) is 6.46. The summed E-state index contributed by atoms with van der Waals surface area (Å²) in [5.74, 6) is 0. The van der Waals surface area contributed by atoms with Crippen LogP contribution in [0.15, 0.2) is 0 Å². The first-order chi connectivity index (χ1) is 5.35. The first-order valence-electron chi connectivity index (χ1n) is 3.42. The lowest BCUT2D eigenvalue weighted by Crippen LogP contribution is -2.12. The number of aliphatic hydroxyl groups is 2. The molecule has 0 bridgehead atoms. The van der Waals surface area contributed by atoms with Crippen LogP contribution >= 0.6 is 0 Å². The number of rotatable bonds is 3. The van der Waals surface area contributed by atoms with Gasteiger partial charge in [-0.2, -0.15) is 0 Å². The molecule has 2 N–H and O–H groups in total. The first kappa shape index (κ1) is 9.52. The van der Waals surface area contributed by atoms with Crippen LogP contribution in [0.4, 0.5) is 0 Å². The molecule has 0 saturated heterocycles. The largest absolute Gasteiger partial charge is 0.461 e. The van der Waals surface area contributed by atoms with E-state index in [-0.39, 0.29) is 0 Å². The van der Waals surface area contributed by atoms with Gasteiger partial charge in [-0.1, -0.05) is 13.3 Å². The van der Waals surface area contributed by atoms with Crippen molar-refractivity contribution >= 4 is 0 Å². The van der Waals surface area contributed by atoms with Gasteiger partial charge in [-0.25, -0.2) is 0 Å². The molecule has 0 rings (SSSR count). The van der Waals surface area contributed by atoms with E-state index >= 15 is 0 Å². The molecule has 0 heterocycles. The monoisotopic (exact) mass is 153 g/mol. The van der Waals surface area contributed by atoms with Crippen molar-refractivity contribution < 1.29 is 10.2 Å². The third-order valence-corrected chi connectivity index (χ3v) is 1.11. The Hall–Kier alpha value is -1.48. The molecule has 3 nitrogen and oxygen atoms in total. The maximum Gasteiger partial charge on any atom is 0.132 e. The van der Waals surface area contributed by atoms with E-state index in [1.807, 2.05) is 6.92 Å². The zero-order valence-corrected chi connectivity index (χ0v) is 6.46. The van der Waals surface area contributed by atoms with Gasteiger partial charge in [0.25, 0.3) is 0 Å². The SMILES string of the molecule is CCCCN(C#CO)C#CO. The summed E-state index contributed by atoms with van der Waals surface area (Å²) in [7, 11) is 0. The second-order valence-corrected chi connectivity index (χ2v) is 1.95. The van der Waals surface area contributed by atoms with Crippen LogP contribution in [0.1, 0.15) is 19.8 Å². The molecule has 0 saturated carbocycles. The van der Waals surface area contributed by atoms with Crippen molar-refractivity contribution in [1.82, 2.24) is 4.90 Å². The molecule has 0 aromatic rings. The number of unbranched alkanes of at least 4 members (excludes halogenated alkanes) is 1. The molecule has 0 aliphatic rings. The highest BCUT2D eigenvalue weighted by atomic mass is 16.2. The zero-order chi connectivity index (χ0) is 8.53. The van der Waals surface area contributed by atoms with Gasteiger partial charge >= 0.3 is 0 Å². The van der Waals surface area contributed by atoms with E-state index in [9.17, 15) is 0 Å². The third-order valence-electron chi connectivity index (χ3n) is 1.11. The Labute approximate surface area is 66.6 Å². The molecule has 0 aromatic carbocycles. The fourth-order valence-corrected chi connectivity index (χ4v) is 0.577. The molecule has 0 aliphatic carbocycles. The van der Waals surface area contributed by atoms with E-state index in [2.05, 4.69) is 12.1 Å². The van der Waals surface area contributed by atoms with Crippen molar-refractivity contribution in [1.29, 1.82) is 0 Å². The predicted octanol–water partition coefficient (Wildman–Crippen LogP) is 0.670. The summed E-state index contributed by atoms with van der Waals surface area (Å²) >= 11 is 0. The molecule has 0 amide bonds. The fourth-order valence-electron chi connectivity index (χ4n) is 0.577. The minimum atomic E-state index is 0.637. The quantitative estimate of drug-likeness (QED) is 0.462. The number of hydrogen-bond donors (Lipinski definition) is 2. The molecular weight excluding hydrogens is 142 g/mol. The van der Waals surface area contributed by atoms with Crippen LogP contribution in [0.25, 0.3) is 0 Å². The Morgan fingerprint density at radius 3 is 2.09 bits per heavy atom. The van der Waals surface area contributed by atoms with E-state index in [0.29, 0.717) is 6.54 Å². The number of aliphatic hydroxyl groups excluding tert-OH is 2. The molecule has 11 heavy (non-hydrogen) atoms. The van der Waals surface area contributed by atoms with Gasteiger partial charge in [-0.05, 0) is 6.42 Å². The number of hydrogen-bond acceptors (Lipinski definition) is 3. The maximum absolute atomic E-state index is 8.21. The van der Waals surface area contributed by atoms with Gasteiger partial charge in [0.05, 0.1) is 12.1 Å². The van der Waals surface area contributed by atoms with Crippen molar-refractivity contribution in [2.75, 3.05) is 6.54 Å². The molecule has 0 atom stereocenters. The summed E-state index contributed by atoms with van der Waals surface area (Å²) in [6.07, 6.45) is 5.41. The number of nitrogens with zero attached hydrogens (tertiary/aromatic N) is 1. The Balaban J connectivity index is 3.83. The molecule has 60 valence electrons. The topological polar surface area (TPSA) is 43.7 Å². The maximum atomic E-state index is 8.21. The van der Waals surface area contributed by atoms with Crippen LogP contribution in [0, 0.1) is 24.3 Å². The van der Waals surface area contributed by atoms with E-state index in [1.165, 1.54) is 4.90 Å². The second kappa shape index (κ2) is 6.64. The van der Waals surface area contributed by atoms with Crippen LogP contribution in [-0.4, -0.2) is 21.7 Å². The summed E-state index contributed by atoms with van der Waals surface area (Å²) in [5, 5.41) is 16.4. The van der Waals surface area contributed by atoms with Crippen molar-refractivity contribution in [3.8, 4) is 24.3 Å². The lowest BCUT2D eigenvalue weighted by molar-refractivity contribution is 0.477. The lowest BCUT2D eigenvalue weighted by Gasteiger charge is -2.05. The average Bonchev–Trinajstić information content (AvgIpc) is 2.01. The third kappa shape index (κ3) is 4.99. The summed E-state index contributed by atoms with van der Waals surface area (Å²) < 4.78 is 0. The Kier molecular flexibility index (Phi) is 5.74. The summed E-state index contributed by atoms with van der Waals surface area (Å²) in [5.41, 5.74) is 0. The van der Waals surface area contributed by atoms with Crippen LogP contribution in [0.3, 0.4) is 0 Å². The molecule has 3 heteroatoms. The van der Waals surface area contributed by atoms with E-state index < -0.39 is 0 Å². The van der Waals surface area contributed by atoms with Crippen LogP contribution in [0.5, 0.6) is 0 Å². The van der Waals surface area contributed by atoms with Crippen LogP contribution < -0.4 is 0 Å². The molecule has 0 fully saturated rings. The highest BCUT2D eigenvalue weighted by Gasteiger charge is 1.92. The smallest absolute Gasteiger partial charge is 0.132 e. The second-order valence-electron chi connectivity index (χ2n) is 1.95. The Morgan fingerprint density at radius 1 is 1.18 bits per heavy atom. The van der Waals surface area contributed by atoms with E-state index in [1.54, 1.807) is 12.2 Å². The standard InChI is InChI=1S/C8H11NO2/c1-2-3-4-9(5-7-10)6-8-11/h10-11H,2-4H2,1H3. The van der Waals surface area contributed by atoms with Crippen molar-refractivity contribution in [2.45, 2.75) is 19.8 Å². The van der Waals surface area contributed by atoms with Gasteiger partial charge in [0, 0.05) is 6.54 Å². The molecule has 0 unspecified atom stereocenters. The summed E-state index contributed by atoms with van der Waals surface area (Å²) in [6, 6.07) is 4.65. The van der Waals surface area contributed by atoms with E-state index in [4.69, 9.17) is 10.2 Å². The van der Waals surface area contributed by atoms with Gasteiger partial charge in [0.1, 0.15) is 12.2 Å². The minimum Gasteiger partial charge on any atom is -0.461 e. The minimum absolute atomic E-state index is 0.637. The van der Waals surface area contributed by atoms with Gasteiger partial charge < -0.3 is 10.2 Å².